The molecule has 0 saturated carbocycles. The molecule has 0 aliphatic rings. The molecule has 1 heterocycles. The molecule has 2 N–H and O–H groups in total. The Morgan fingerprint density at radius 3 is 2.58 bits per heavy atom. The maximum atomic E-state index is 11.3. The minimum Gasteiger partial charge on any atom is -0.495 e. The van der Waals surface area contributed by atoms with Crippen LogP contribution in [0.4, 0.5) is 10.8 Å². The van der Waals surface area contributed by atoms with Crippen LogP contribution < -0.4 is 10.1 Å². The van der Waals surface area contributed by atoms with Gasteiger partial charge in [0.25, 0.3) is 0 Å². The number of aromatic nitrogens is 1. The van der Waals surface area contributed by atoms with Crippen LogP contribution in [0.5, 0.6) is 5.75 Å². The second-order valence-electron chi connectivity index (χ2n) is 5.74. The zero-order chi connectivity index (χ0) is 18.5. The zero-order valence-corrected chi connectivity index (χ0v) is 15.5. The van der Waals surface area contributed by atoms with Crippen LogP contribution in [0.3, 0.4) is 0 Å². The second kappa shape index (κ2) is 8.01. The Balaban J connectivity index is 1.97. The van der Waals surface area contributed by atoms with Crippen molar-refractivity contribution in [2.45, 2.75) is 19.8 Å². The molecular weight excluding hydrogens is 348 g/mol. The van der Waals surface area contributed by atoms with Crippen LogP contribution in [-0.2, 0) is 17.6 Å². The molecule has 0 radical (unpaired) electrons. The molecule has 1 aromatic heterocycles. The fourth-order valence-electron chi connectivity index (χ4n) is 2.65. The molecule has 134 valence electrons. The van der Waals surface area contributed by atoms with Gasteiger partial charge >= 0.3 is 5.97 Å². The number of rotatable bonds is 7. The van der Waals surface area contributed by atoms with Crippen LogP contribution in [0.15, 0.2) is 48.5 Å². The van der Waals surface area contributed by atoms with Crippen LogP contribution in [0.1, 0.15) is 17.4 Å². The highest BCUT2D eigenvalue weighted by atomic mass is 32.1. The van der Waals surface area contributed by atoms with E-state index in [9.17, 15) is 9.90 Å². The minimum atomic E-state index is -0.871. The van der Waals surface area contributed by atoms with E-state index in [0.29, 0.717) is 16.6 Å². The Morgan fingerprint density at radius 2 is 1.92 bits per heavy atom. The van der Waals surface area contributed by atoms with Gasteiger partial charge in [0.15, 0.2) is 5.13 Å². The van der Waals surface area contributed by atoms with E-state index in [1.807, 2.05) is 48.5 Å². The van der Waals surface area contributed by atoms with Crippen molar-refractivity contribution >= 4 is 28.1 Å². The monoisotopic (exact) mass is 368 g/mol. The van der Waals surface area contributed by atoms with Crippen LogP contribution in [0.2, 0.25) is 0 Å². The standard InChI is InChI=1S/C20H20N2O3S/c1-3-13-8-10-14(11-9-13)19-17(12-18(23)24)26-20(22-19)21-15-6-4-5-7-16(15)25-2/h4-11H,3,12H2,1-2H3,(H,21,22)(H,23,24). The molecule has 0 spiro atoms. The number of thiazole rings is 1. The van der Waals surface area contributed by atoms with Gasteiger partial charge < -0.3 is 15.2 Å². The van der Waals surface area contributed by atoms with Gasteiger partial charge in [-0.05, 0) is 24.1 Å². The van der Waals surface area contributed by atoms with E-state index < -0.39 is 5.97 Å². The summed E-state index contributed by atoms with van der Waals surface area (Å²) >= 11 is 1.35. The lowest BCUT2D eigenvalue weighted by Crippen LogP contribution is -1.99. The van der Waals surface area contributed by atoms with Gasteiger partial charge in [-0.15, -0.1) is 11.3 Å². The van der Waals surface area contributed by atoms with Crippen molar-refractivity contribution in [3.63, 3.8) is 0 Å². The van der Waals surface area contributed by atoms with Crippen molar-refractivity contribution in [1.29, 1.82) is 0 Å². The molecule has 2 aromatic carbocycles. The summed E-state index contributed by atoms with van der Waals surface area (Å²) in [6.07, 6.45) is 0.899. The first-order valence-electron chi connectivity index (χ1n) is 8.31. The average Bonchev–Trinajstić information content (AvgIpc) is 3.03. The molecule has 6 heteroatoms. The predicted octanol–water partition coefficient (Wildman–Crippen LogP) is 4.75. The number of aliphatic carboxylic acids is 1. The number of anilines is 2. The quantitative estimate of drug-likeness (QED) is 0.629. The number of ether oxygens (including phenoxy) is 1. The number of hydrogen-bond acceptors (Lipinski definition) is 5. The lowest BCUT2D eigenvalue weighted by molar-refractivity contribution is -0.136. The summed E-state index contributed by atoms with van der Waals surface area (Å²) in [5, 5.41) is 13.1. The van der Waals surface area contributed by atoms with Crippen molar-refractivity contribution in [3.8, 4) is 17.0 Å². The first-order chi connectivity index (χ1) is 12.6. The van der Waals surface area contributed by atoms with Gasteiger partial charge in [0.1, 0.15) is 5.75 Å². The molecule has 0 aliphatic carbocycles. The highest BCUT2D eigenvalue weighted by Gasteiger charge is 2.16. The summed E-state index contributed by atoms with van der Waals surface area (Å²) in [5.41, 5.74) is 3.65. The fourth-order valence-corrected chi connectivity index (χ4v) is 3.64. The van der Waals surface area contributed by atoms with Gasteiger partial charge in [0.05, 0.1) is 24.9 Å². The van der Waals surface area contributed by atoms with Crippen molar-refractivity contribution in [1.82, 2.24) is 4.98 Å². The second-order valence-corrected chi connectivity index (χ2v) is 6.82. The van der Waals surface area contributed by atoms with Crippen LogP contribution >= 0.6 is 11.3 Å². The Bertz CT molecular complexity index is 904. The summed E-state index contributed by atoms with van der Waals surface area (Å²) in [6, 6.07) is 15.6. The Labute approximate surface area is 156 Å². The molecule has 0 amide bonds. The summed E-state index contributed by atoms with van der Waals surface area (Å²) in [4.78, 5) is 16.6. The Hall–Kier alpha value is -2.86. The highest BCUT2D eigenvalue weighted by molar-refractivity contribution is 7.16. The molecule has 3 rings (SSSR count). The maximum absolute atomic E-state index is 11.3. The van der Waals surface area contributed by atoms with Crippen molar-refractivity contribution < 1.29 is 14.6 Å². The van der Waals surface area contributed by atoms with E-state index in [0.717, 1.165) is 22.5 Å². The van der Waals surface area contributed by atoms with Gasteiger partial charge in [-0.25, -0.2) is 4.98 Å². The molecule has 3 aromatic rings. The lowest BCUT2D eigenvalue weighted by atomic mass is 10.1. The molecule has 0 aliphatic heterocycles. The minimum absolute atomic E-state index is 0.0594. The smallest absolute Gasteiger partial charge is 0.308 e. The molecular formula is C20H20N2O3S. The number of nitrogens with one attached hydrogen (secondary N) is 1. The van der Waals surface area contributed by atoms with Crippen LogP contribution in [-0.4, -0.2) is 23.2 Å². The van der Waals surface area contributed by atoms with Gasteiger partial charge in [0.2, 0.25) is 0 Å². The number of hydrogen-bond donors (Lipinski definition) is 2. The number of carbonyl (C=O) groups is 1. The van der Waals surface area contributed by atoms with Gasteiger partial charge in [-0.3, -0.25) is 4.79 Å². The molecule has 0 bridgehead atoms. The van der Waals surface area contributed by atoms with E-state index in [1.165, 1.54) is 16.9 Å². The highest BCUT2D eigenvalue weighted by Crippen LogP contribution is 2.35. The third-order valence-corrected chi connectivity index (χ3v) is 4.96. The number of para-hydroxylation sites is 2. The molecule has 0 unspecified atom stereocenters. The van der Waals surface area contributed by atoms with Crippen molar-refractivity contribution in [3.05, 3.63) is 59.0 Å². The maximum Gasteiger partial charge on any atom is 0.308 e. The number of carboxylic acid groups (broad SMARTS) is 1. The summed E-state index contributed by atoms with van der Waals surface area (Å²) in [7, 11) is 1.61. The van der Waals surface area contributed by atoms with Crippen molar-refractivity contribution in [2.24, 2.45) is 0 Å². The molecule has 5 nitrogen and oxygen atoms in total. The van der Waals surface area contributed by atoms with E-state index in [1.54, 1.807) is 7.11 Å². The summed E-state index contributed by atoms with van der Waals surface area (Å²) in [6.45, 7) is 2.10. The van der Waals surface area contributed by atoms with Crippen molar-refractivity contribution in [2.75, 3.05) is 12.4 Å². The van der Waals surface area contributed by atoms with E-state index in [4.69, 9.17) is 4.74 Å². The predicted molar refractivity (Wildman–Crippen MR) is 105 cm³/mol. The summed E-state index contributed by atoms with van der Waals surface area (Å²) < 4.78 is 5.35. The number of carboxylic acids is 1. The normalized spacial score (nSPS) is 10.5. The SMILES string of the molecule is CCc1ccc(-c2nc(Nc3ccccc3OC)sc2CC(=O)O)cc1. The summed E-state index contributed by atoms with van der Waals surface area (Å²) in [5.74, 6) is -0.166. The Morgan fingerprint density at radius 1 is 1.19 bits per heavy atom. The molecule has 0 fully saturated rings. The lowest BCUT2D eigenvalue weighted by Gasteiger charge is -2.08. The molecule has 0 atom stereocenters. The first-order valence-corrected chi connectivity index (χ1v) is 9.13. The fraction of sp³-hybridized carbons (Fsp3) is 0.200. The number of methoxy groups -OCH3 is 1. The number of benzene rings is 2. The van der Waals surface area contributed by atoms with E-state index in [2.05, 4.69) is 17.2 Å². The number of aryl methyl sites for hydroxylation is 1. The van der Waals surface area contributed by atoms with Gasteiger partial charge in [-0.2, -0.15) is 0 Å². The number of nitrogens with zero attached hydrogens (tertiary/aromatic N) is 1. The molecule has 26 heavy (non-hydrogen) atoms. The topological polar surface area (TPSA) is 71.5 Å². The Kier molecular flexibility index (Phi) is 5.53. The third kappa shape index (κ3) is 4.03. The zero-order valence-electron chi connectivity index (χ0n) is 14.7. The molecule has 0 saturated heterocycles. The van der Waals surface area contributed by atoms with Gasteiger partial charge in [0, 0.05) is 10.4 Å². The third-order valence-electron chi connectivity index (χ3n) is 3.99. The van der Waals surface area contributed by atoms with Gasteiger partial charge in [-0.1, -0.05) is 43.3 Å². The largest absolute Gasteiger partial charge is 0.495 e. The van der Waals surface area contributed by atoms with Crippen LogP contribution in [0, 0.1) is 0 Å². The average molecular weight is 368 g/mol. The van der Waals surface area contributed by atoms with E-state index >= 15 is 0 Å². The van der Waals surface area contributed by atoms with E-state index in [-0.39, 0.29) is 6.42 Å². The van der Waals surface area contributed by atoms with Crippen LogP contribution in [0.25, 0.3) is 11.3 Å². The first kappa shape index (κ1) is 17.9.